The minimum absolute atomic E-state index is 0.737. The SMILES string of the molecule is CCc1nnc2cc(-c3ccc(C)cc3)c(-c3ccccc3Cl)cn12. The normalized spacial score (nSPS) is 11.2. The number of aromatic nitrogens is 3. The second-order valence-corrected chi connectivity index (χ2v) is 6.55. The molecule has 2 aromatic heterocycles. The van der Waals surface area contributed by atoms with E-state index < -0.39 is 0 Å². The summed E-state index contributed by atoms with van der Waals surface area (Å²) in [6.07, 6.45) is 2.93. The van der Waals surface area contributed by atoms with E-state index in [9.17, 15) is 0 Å². The predicted octanol–water partition coefficient (Wildman–Crippen LogP) is 5.59. The van der Waals surface area contributed by atoms with Crippen LogP contribution in [0.5, 0.6) is 0 Å². The third-order valence-electron chi connectivity index (χ3n) is 4.46. The van der Waals surface area contributed by atoms with E-state index in [0.717, 1.165) is 45.2 Å². The van der Waals surface area contributed by atoms with Crippen LogP contribution in [-0.2, 0) is 6.42 Å². The first-order valence-corrected chi connectivity index (χ1v) is 8.74. The van der Waals surface area contributed by atoms with E-state index >= 15 is 0 Å². The Morgan fingerprint density at radius 3 is 2.40 bits per heavy atom. The quantitative estimate of drug-likeness (QED) is 0.483. The van der Waals surface area contributed by atoms with Crippen molar-refractivity contribution in [3.63, 3.8) is 0 Å². The van der Waals surface area contributed by atoms with Gasteiger partial charge in [0, 0.05) is 28.8 Å². The number of hydrogen-bond acceptors (Lipinski definition) is 2. The number of nitrogens with zero attached hydrogens (tertiary/aromatic N) is 3. The second-order valence-electron chi connectivity index (χ2n) is 6.14. The van der Waals surface area contributed by atoms with Crippen LogP contribution in [0.15, 0.2) is 60.8 Å². The standard InChI is InChI=1S/C21H18ClN3/c1-3-20-23-24-21-12-17(15-10-8-14(2)9-11-15)18(13-25(20)21)16-6-4-5-7-19(16)22/h4-13H,3H2,1-2H3. The molecule has 0 aliphatic rings. The van der Waals surface area contributed by atoms with E-state index in [1.807, 2.05) is 18.2 Å². The molecular weight excluding hydrogens is 330 g/mol. The summed E-state index contributed by atoms with van der Waals surface area (Å²) in [5, 5.41) is 9.37. The number of halogens is 1. The van der Waals surface area contributed by atoms with Gasteiger partial charge in [-0.2, -0.15) is 0 Å². The van der Waals surface area contributed by atoms with Crippen molar-refractivity contribution < 1.29 is 0 Å². The highest BCUT2D eigenvalue weighted by atomic mass is 35.5. The van der Waals surface area contributed by atoms with E-state index in [1.54, 1.807) is 0 Å². The zero-order valence-electron chi connectivity index (χ0n) is 14.2. The minimum atomic E-state index is 0.737. The van der Waals surface area contributed by atoms with Crippen molar-refractivity contribution in [3.05, 3.63) is 77.2 Å². The van der Waals surface area contributed by atoms with Crippen molar-refractivity contribution in [1.82, 2.24) is 14.6 Å². The Morgan fingerprint density at radius 1 is 0.920 bits per heavy atom. The molecule has 0 saturated carbocycles. The van der Waals surface area contributed by atoms with Crippen molar-refractivity contribution in [2.45, 2.75) is 20.3 Å². The van der Waals surface area contributed by atoms with Crippen LogP contribution in [-0.4, -0.2) is 14.6 Å². The Kier molecular flexibility index (Phi) is 4.02. The van der Waals surface area contributed by atoms with E-state index in [2.05, 4.69) is 71.0 Å². The van der Waals surface area contributed by atoms with Gasteiger partial charge in [0.2, 0.25) is 0 Å². The average molecular weight is 348 g/mol. The summed E-state index contributed by atoms with van der Waals surface area (Å²) in [5.41, 5.74) is 6.43. The molecule has 0 unspecified atom stereocenters. The molecule has 0 atom stereocenters. The molecular formula is C21H18ClN3. The Morgan fingerprint density at radius 2 is 1.68 bits per heavy atom. The fraction of sp³-hybridized carbons (Fsp3) is 0.143. The lowest BCUT2D eigenvalue weighted by Crippen LogP contribution is -1.96. The smallest absolute Gasteiger partial charge is 0.161 e. The maximum atomic E-state index is 6.50. The largest absolute Gasteiger partial charge is 0.286 e. The second kappa shape index (κ2) is 6.34. The van der Waals surface area contributed by atoms with Gasteiger partial charge in [-0.25, -0.2) is 0 Å². The van der Waals surface area contributed by atoms with Crippen LogP contribution in [0.25, 0.3) is 27.9 Å². The summed E-state index contributed by atoms with van der Waals surface area (Å²) >= 11 is 6.50. The van der Waals surface area contributed by atoms with Crippen LogP contribution in [0, 0.1) is 6.92 Å². The van der Waals surface area contributed by atoms with Gasteiger partial charge in [-0.1, -0.05) is 66.6 Å². The topological polar surface area (TPSA) is 30.2 Å². The van der Waals surface area contributed by atoms with Crippen molar-refractivity contribution >= 4 is 17.2 Å². The van der Waals surface area contributed by atoms with Gasteiger partial charge in [-0.05, 0) is 30.2 Å². The van der Waals surface area contributed by atoms with E-state index in [4.69, 9.17) is 11.6 Å². The Balaban J connectivity index is 2.04. The number of hydrogen-bond donors (Lipinski definition) is 0. The highest BCUT2D eigenvalue weighted by Crippen LogP contribution is 2.36. The molecule has 4 aromatic rings. The molecule has 25 heavy (non-hydrogen) atoms. The van der Waals surface area contributed by atoms with Crippen LogP contribution < -0.4 is 0 Å². The maximum absolute atomic E-state index is 6.50. The van der Waals surface area contributed by atoms with Crippen LogP contribution in [0.2, 0.25) is 5.02 Å². The molecule has 4 rings (SSSR count). The lowest BCUT2D eigenvalue weighted by Gasteiger charge is -2.13. The van der Waals surface area contributed by atoms with Crippen molar-refractivity contribution in [2.24, 2.45) is 0 Å². The van der Waals surface area contributed by atoms with E-state index in [1.165, 1.54) is 5.56 Å². The molecule has 2 aromatic carbocycles. The molecule has 0 amide bonds. The molecule has 0 bridgehead atoms. The highest BCUT2D eigenvalue weighted by molar-refractivity contribution is 6.33. The first-order valence-electron chi connectivity index (χ1n) is 8.37. The number of pyridine rings is 1. The summed E-state index contributed by atoms with van der Waals surface area (Å²) in [6.45, 7) is 4.17. The molecule has 4 heteroatoms. The fourth-order valence-electron chi connectivity index (χ4n) is 3.09. The van der Waals surface area contributed by atoms with Gasteiger partial charge in [0.1, 0.15) is 5.82 Å². The van der Waals surface area contributed by atoms with Gasteiger partial charge < -0.3 is 0 Å². The average Bonchev–Trinajstić information content (AvgIpc) is 3.04. The Hall–Kier alpha value is -2.65. The lowest BCUT2D eigenvalue weighted by molar-refractivity contribution is 0.910. The van der Waals surface area contributed by atoms with E-state index in [0.29, 0.717) is 0 Å². The van der Waals surface area contributed by atoms with Crippen LogP contribution in [0.4, 0.5) is 0 Å². The fourth-order valence-corrected chi connectivity index (χ4v) is 3.33. The van der Waals surface area contributed by atoms with E-state index in [-0.39, 0.29) is 0 Å². The molecule has 0 spiro atoms. The van der Waals surface area contributed by atoms with Crippen molar-refractivity contribution in [3.8, 4) is 22.3 Å². The van der Waals surface area contributed by atoms with Gasteiger partial charge in [-0.15, -0.1) is 10.2 Å². The molecule has 0 radical (unpaired) electrons. The van der Waals surface area contributed by atoms with Crippen molar-refractivity contribution in [1.29, 1.82) is 0 Å². The number of benzene rings is 2. The molecule has 0 aliphatic carbocycles. The monoisotopic (exact) mass is 347 g/mol. The number of fused-ring (bicyclic) bond motifs is 1. The molecule has 124 valence electrons. The maximum Gasteiger partial charge on any atom is 0.161 e. The predicted molar refractivity (Wildman–Crippen MR) is 103 cm³/mol. The molecule has 3 nitrogen and oxygen atoms in total. The number of aryl methyl sites for hydroxylation is 2. The zero-order chi connectivity index (χ0) is 17.4. The van der Waals surface area contributed by atoms with Crippen LogP contribution in [0.3, 0.4) is 0 Å². The summed E-state index contributed by atoms with van der Waals surface area (Å²) in [5.74, 6) is 0.943. The summed E-state index contributed by atoms with van der Waals surface area (Å²) < 4.78 is 2.05. The molecule has 0 saturated heterocycles. The minimum Gasteiger partial charge on any atom is -0.286 e. The molecule has 0 aliphatic heterocycles. The van der Waals surface area contributed by atoms with Crippen LogP contribution >= 0.6 is 11.6 Å². The Labute approximate surface area is 151 Å². The third-order valence-corrected chi connectivity index (χ3v) is 4.79. The van der Waals surface area contributed by atoms with Gasteiger partial charge in [0.25, 0.3) is 0 Å². The zero-order valence-corrected chi connectivity index (χ0v) is 15.0. The molecule has 0 N–H and O–H groups in total. The first-order chi connectivity index (χ1) is 12.2. The van der Waals surface area contributed by atoms with Gasteiger partial charge in [0.05, 0.1) is 0 Å². The van der Waals surface area contributed by atoms with Gasteiger partial charge >= 0.3 is 0 Å². The summed E-state index contributed by atoms with van der Waals surface area (Å²) in [4.78, 5) is 0. The third kappa shape index (κ3) is 2.81. The Bertz CT molecular complexity index is 1050. The summed E-state index contributed by atoms with van der Waals surface area (Å²) in [6, 6.07) is 18.6. The number of rotatable bonds is 3. The molecule has 0 fully saturated rings. The van der Waals surface area contributed by atoms with Crippen LogP contribution in [0.1, 0.15) is 18.3 Å². The van der Waals surface area contributed by atoms with Gasteiger partial charge in [0.15, 0.2) is 5.65 Å². The van der Waals surface area contributed by atoms with Gasteiger partial charge in [-0.3, -0.25) is 4.40 Å². The van der Waals surface area contributed by atoms with Crippen molar-refractivity contribution in [2.75, 3.05) is 0 Å². The lowest BCUT2D eigenvalue weighted by atomic mass is 9.95. The molecule has 2 heterocycles. The highest BCUT2D eigenvalue weighted by Gasteiger charge is 2.14. The summed E-state index contributed by atoms with van der Waals surface area (Å²) in [7, 11) is 0. The first kappa shape index (κ1) is 15.9.